The van der Waals surface area contributed by atoms with Crippen LogP contribution in [0.1, 0.15) is 37.3 Å². The average Bonchev–Trinajstić information content (AvgIpc) is 3.29. The number of amides is 1. The Kier molecular flexibility index (Phi) is 5.88. The summed E-state index contributed by atoms with van der Waals surface area (Å²) < 4.78 is 5.38. The van der Waals surface area contributed by atoms with Gasteiger partial charge in [-0.1, -0.05) is 30.3 Å². The summed E-state index contributed by atoms with van der Waals surface area (Å²) in [7, 11) is 0. The van der Waals surface area contributed by atoms with Gasteiger partial charge in [-0.2, -0.15) is 0 Å². The van der Waals surface area contributed by atoms with Gasteiger partial charge in [-0.3, -0.25) is 14.6 Å². The average molecular weight is 357 g/mol. The Morgan fingerprint density at radius 2 is 1.96 bits per heavy atom. The Balaban J connectivity index is 1.28. The van der Waals surface area contributed by atoms with Crippen molar-refractivity contribution in [2.24, 2.45) is 5.92 Å². The maximum atomic E-state index is 12.8. The zero-order valence-electron chi connectivity index (χ0n) is 15.6. The van der Waals surface area contributed by atoms with Crippen LogP contribution in [0.2, 0.25) is 0 Å². The molecular formula is C21H31N3O2. The van der Waals surface area contributed by atoms with Gasteiger partial charge in [-0.15, -0.1) is 0 Å². The van der Waals surface area contributed by atoms with Crippen LogP contribution in [0.25, 0.3) is 0 Å². The largest absolute Gasteiger partial charge is 0.379 e. The van der Waals surface area contributed by atoms with Crippen LogP contribution in [-0.4, -0.2) is 67.7 Å². The van der Waals surface area contributed by atoms with Crippen LogP contribution in [0.3, 0.4) is 0 Å². The Labute approximate surface area is 156 Å². The summed E-state index contributed by atoms with van der Waals surface area (Å²) in [6.07, 6.45) is 4.36. The zero-order chi connectivity index (χ0) is 17.8. The highest BCUT2D eigenvalue weighted by atomic mass is 16.5. The smallest absolute Gasteiger partial charge is 0.224 e. The van der Waals surface area contributed by atoms with Gasteiger partial charge in [0.15, 0.2) is 0 Å². The van der Waals surface area contributed by atoms with E-state index in [0.717, 1.165) is 65.2 Å². The molecule has 0 bridgehead atoms. The number of hydrogen-bond acceptors (Lipinski definition) is 4. The van der Waals surface area contributed by atoms with E-state index in [1.165, 1.54) is 12.0 Å². The monoisotopic (exact) mass is 357 g/mol. The number of rotatable bonds is 6. The molecule has 3 heterocycles. The van der Waals surface area contributed by atoms with E-state index < -0.39 is 0 Å². The third kappa shape index (κ3) is 3.95. The molecule has 142 valence electrons. The van der Waals surface area contributed by atoms with Gasteiger partial charge in [0.25, 0.3) is 0 Å². The van der Waals surface area contributed by atoms with Crippen LogP contribution >= 0.6 is 0 Å². The molecule has 0 spiro atoms. The van der Waals surface area contributed by atoms with Crippen molar-refractivity contribution >= 4 is 5.91 Å². The summed E-state index contributed by atoms with van der Waals surface area (Å²) in [6, 6.07) is 11.6. The number of nitrogens with zero attached hydrogens (tertiary/aromatic N) is 2. The van der Waals surface area contributed by atoms with Crippen LogP contribution in [0, 0.1) is 5.92 Å². The molecule has 0 saturated carbocycles. The minimum atomic E-state index is 0.145. The van der Waals surface area contributed by atoms with Gasteiger partial charge in [-0.05, 0) is 44.3 Å². The molecule has 4 rings (SSSR count). The van der Waals surface area contributed by atoms with E-state index in [1.807, 2.05) is 0 Å². The zero-order valence-corrected chi connectivity index (χ0v) is 15.6. The molecule has 0 unspecified atom stereocenters. The second-order valence-electron chi connectivity index (χ2n) is 7.81. The van der Waals surface area contributed by atoms with Crippen molar-refractivity contribution in [2.75, 3.05) is 45.9 Å². The molecule has 3 atom stereocenters. The first kappa shape index (κ1) is 18.0. The lowest BCUT2D eigenvalue weighted by atomic mass is 9.93. The molecule has 5 nitrogen and oxygen atoms in total. The number of hydrogen-bond donors (Lipinski definition) is 1. The highest BCUT2D eigenvalue weighted by molar-refractivity contribution is 5.80. The van der Waals surface area contributed by atoms with Crippen molar-refractivity contribution in [2.45, 2.75) is 37.8 Å². The highest BCUT2D eigenvalue weighted by Crippen LogP contribution is 2.44. The molecule has 5 heteroatoms. The third-order valence-corrected chi connectivity index (χ3v) is 6.26. The molecule has 0 aliphatic carbocycles. The van der Waals surface area contributed by atoms with Gasteiger partial charge < -0.3 is 10.1 Å². The first-order valence-corrected chi connectivity index (χ1v) is 10.2. The van der Waals surface area contributed by atoms with E-state index in [1.54, 1.807) is 0 Å². The lowest BCUT2D eigenvalue weighted by Crippen LogP contribution is -2.40. The number of carbonyl (C=O) groups is 1. The summed E-state index contributed by atoms with van der Waals surface area (Å²) in [5.74, 6) is 0.411. The number of fused-ring (bicyclic) bond motifs is 1. The number of nitrogens with one attached hydrogen (secondary N) is 1. The number of benzene rings is 1. The molecule has 1 N–H and O–H groups in total. The lowest BCUT2D eigenvalue weighted by molar-refractivity contribution is -0.125. The molecule has 3 aliphatic heterocycles. The van der Waals surface area contributed by atoms with Crippen LogP contribution in [-0.2, 0) is 9.53 Å². The van der Waals surface area contributed by atoms with Gasteiger partial charge in [0, 0.05) is 31.7 Å². The number of ether oxygens (including phenoxy) is 1. The standard InChI is InChI=1S/C21H31N3O2/c25-21(22-9-5-10-23-12-14-26-15-13-23)18-16-20(17-6-2-1-3-7-17)24-11-4-8-19(18)24/h1-3,6-7,18-20H,4-5,8-16H2,(H,22,25)/t18-,19+,20-/m1/s1. The first-order chi connectivity index (χ1) is 12.8. The fourth-order valence-electron chi connectivity index (χ4n) is 4.92. The summed E-state index contributed by atoms with van der Waals surface area (Å²) in [5.41, 5.74) is 1.36. The Morgan fingerprint density at radius 3 is 2.77 bits per heavy atom. The molecule has 1 aromatic rings. The predicted octanol–water partition coefficient (Wildman–Crippen LogP) is 2.05. The van der Waals surface area contributed by atoms with Crippen molar-refractivity contribution < 1.29 is 9.53 Å². The number of carbonyl (C=O) groups excluding carboxylic acids is 1. The van der Waals surface area contributed by atoms with Gasteiger partial charge in [-0.25, -0.2) is 0 Å². The van der Waals surface area contributed by atoms with Crippen LogP contribution in [0.4, 0.5) is 0 Å². The molecule has 0 aromatic heterocycles. The Bertz CT molecular complexity index is 588. The normalized spacial score (nSPS) is 29.6. The molecule has 26 heavy (non-hydrogen) atoms. The molecular weight excluding hydrogens is 326 g/mol. The maximum absolute atomic E-state index is 12.8. The van der Waals surface area contributed by atoms with E-state index in [2.05, 4.69) is 45.4 Å². The topological polar surface area (TPSA) is 44.8 Å². The minimum Gasteiger partial charge on any atom is -0.379 e. The van der Waals surface area contributed by atoms with Crippen LogP contribution in [0.5, 0.6) is 0 Å². The van der Waals surface area contributed by atoms with E-state index in [9.17, 15) is 4.79 Å². The predicted molar refractivity (Wildman–Crippen MR) is 102 cm³/mol. The van der Waals surface area contributed by atoms with Crippen molar-refractivity contribution in [1.82, 2.24) is 15.1 Å². The fraction of sp³-hybridized carbons (Fsp3) is 0.667. The molecule has 3 aliphatic rings. The SMILES string of the molecule is O=C(NCCCN1CCOCC1)[C@@H]1C[C@H](c2ccccc2)N2CCC[C@@H]12. The molecule has 1 aromatic carbocycles. The fourth-order valence-corrected chi connectivity index (χ4v) is 4.92. The van der Waals surface area contributed by atoms with E-state index in [-0.39, 0.29) is 11.8 Å². The quantitative estimate of drug-likeness (QED) is 0.792. The maximum Gasteiger partial charge on any atom is 0.224 e. The van der Waals surface area contributed by atoms with Crippen LogP contribution < -0.4 is 5.32 Å². The Morgan fingerprint density at radius 1 is 1.15 bits per heavy atom. The second kappa shape index (κ2) is 8.51. The summed E-state index contributed by atoms with van der Waals surface area (Å²) in [5, 5.41) is 3.23. The van der Waals surface area contributed by atoms with E-state index >= 15 is 0 Å². The lowest BCUT2D eigenvalue weighted by Gasteiger charge is -2.26. The van der Waals surface area contributed by atoms with E-state index in [4.69, 9.17) is 4.74 Å². The third-order valence-electron chi connectivity index (χ3n) is 6.26. The summed E-state index contributed by atoms with van der Waals surface area (Å²) in [4.78, 5) is 17.8. The molecule has 0 radical (unpaired) electrons. The second-order valence-corrected chi connectivity index (χ2v) is 7.81. The van der Waals surface area contributed by atoms with Gasteiger partial charge in [0.1, 0.15) is 0 Å². The van der Waals surface area contributed by atoms with E-state index in [0.29, 0.717) is 12.1 Å². The van der Waals surface area contributed by atoms with Crippen LogP contribution in [0.15, 0.2) is 30.3 Å². The Hall–Kier alpha value is -1.43. The van der Waals surface area contributed by atoms with Gasteiger partial charge in [0.05, 0.1) is 19.1 Å². The van der Waals surface area contributed by atoms with Crippen molar-refractivity contribution in [3.05, 3.63) is 35.9 Å². The highest BCUT2D eigenvalue weighted by Gasteiger charge is 2.46. The van der Waals surface area contributed by atoms with Crippen molar-refractivity contribution in [3.63, 3.8) is 0 Å². The molecule has 3 saturated heterocycles. The number of morpholine rings is 1. The van der Waals surface area contributed by atoms with Crippen molar-refractivity contribution in [1.29, 1.82) is 0 Å². The summed E-state index contributed by atoms with van der Waals surface area (Å²) >= 11 is 0. The first-order valence-electron chi connectivity index (χ1n) is 10.2. The van der Waals surface area contributed by atoms with Gasteiger partial charge >= 0.3 is 0 Å². The van der Waals surface area contributed by atoms with Crippen molar-refractivity contribution in [3.8, 4) is 0 Å². The summed E-state index contributed by atoms with van der Waals surface area (Å²) in [6.45, 7) is 6.69. The minimum absolute atomic E-state index is 0.145. The van der Waals surface area contributed by atoms with Gasteiger partial charge in [0.2, 0.25) is 5.91 Å². The molecule has 1 amide bonds. The molecule has 3 fully saturated rings.